The van der Waals surface area contributed by atoms with Crippen LogP contribution >= 0.6 is 0 Å². The molecule has 0 aromatic heterocycles. The molecule has 2 aliphatic carbocycles. The second kappa shape index (κ2) is 6.05. The molecule has 0 aromatic rings. The molecule has 17 heavy (non-hydrogen) atoms. The van der Waals surface area contributed by atoms with Crippen LogP contribution in [0.1, 0.15) is 32.1 Å². The van der Waals surface area contributed by atoms with Crippen molar-refractivity contribution >= 4 is 6.03 Å². The van der Waals surface area contributed by atoms with Gasteiger partial charge >= 0.3 is 6.03 Å². The Balaban J connectivity index is 1.56. The van der Waals surface area contributed by atoms with E-state index in [2.05, 4.69) is 10.6 Å². The Morgan fingerprint density at radius 2 is 2.18 bits per heavy atom. The molecule has 4 nitrogen and oxygen atoms in total. The lowest BCUT2D eigenvalue weighted by molar-refractivity contribution is 0.229. The molecule has 2 aliphatic rings. The van der Waals surface area contributed by atoms with E-state index in [1.165, 1.54) is 19.3 Å². The van der Waals surface area contributed by atoms with Gasteiger partial charge in [0.2, 0.25) is 0 Å². The predicted molar refractivity (Wildman–Crippen MR) is 66.6 cm³/mol. The van der Waals surface area contributed by atoms with Crippen molar-refractivity contribution in [2.75, 3.05) is 13.2 Å². The number of carbonyl (C=O) groups excluding carboxylic acids is 1. The first-order valence-corrected chi connectivity index (χ1v) is 6.61. The summed E-state index contributed by atoms with van der Waals surface area (Å²) in [4.78, 5) is 11.6. The fraction of sp³-hybridized carbons (Fsp3) is 0.769. The Bertz CT molecular complexity index is 287. The summed E-state index contributed by atoms with van der Waals surface area (Å²) >= 11 is 0. The zero-order valence-corrected chi connectivity index (χ0v) is 10.2. The van der Waals surface area contributed by atoms with Crippen LogP contribution in [0, 0.1) is 11.8 Å². The molecule has 3 N–H and O–H groups in total. The minimum atomic E-state index is -0.0856. The summed E-state index contributed by atoms with van der Waals surface area (Å²) in [5.41, 5.74) is 0. The van der Waals surface area contributed by atoms with Crippen LogP contribution in [-0.4, -0.2) is 30.3 Å². The molecule has 2 amide bonds. The lowest BCUT2D eigenvalue weighted by atomic mass is 9.83. The average molecular weight is 238 g/mol. The summed E-state index contributed by atoms with van der Waals surface area (Å²) in [6, 6.07) is -0.00610. The third-order valence-electron chi connectivity index (χ3n) is 3.79. The number of aliphatic hydroxyl groups excluding tert-OH is 1. The van der Waals surface area contributed by atoms with Gasteiger partial charge in [0.25, 0.3) is 0 Å². The highest BCUT2D eigenvalue weighted by atomic mass is 16.3. The third-order valence-corrected chi connectivity index (χ3v) is 3.79. The van der Waals surface area contributed by atoms with E-state index < -0.39 is 0 Å². The Labute approximate surface area is 102 Å². The fourth-order valence-corrected chi connectivity index (χ4v) is 2.41. The molecule has 1 fully saturated rings. The van der Waals surface area contributed by atoms with E-state index in [1.54, 1.807) is 0 Å². The maximum atomic E-state index is 11.6. The van der Waals surface area contributed by atoms with Crippen molar-refractivity contribution in [2.45, 2.75) is 38.1 Å². The molecular formula is C13H22N2O2. The molecule has 0 saturated heterocycles. The third kappa shape index (κ3) is 3.73. The molecule has 0 unspecified atom stereocenters. The van der Waals surface area contributed by atoms with E-state index >= 15 is 0 Å². The van der Waals surface area contributed by atoms with Crippen molar-refractivity contribution in [1.29, 1.82) is 0 Å². The van der Waals surface area contributed by atoms with E-state index in [0.717, 1.165) is 25.3 Å². The average Bonchev–Trinajstić information content (AvgIpc) is 2.69. The largest absolute Gasteiger partial charge is 0.396 e. The molecule has 0 radical (unpaired) electrons. The number of hydrogen-bond acceptors (Lipinski definition) is 2. The van der Waals surface area contributed by atoms with Crippen LogP contribution in [0.3, 0.4) is 0 Å². The lowest BCUT2D eigenvalue weighted by Gasteiger charge is -2.25. The first-order chi connectivity index (χ1) is 8.28. The van der Waals surface area contributed by atoms with Gasteiger partial charge in [0.05, 0.1) is 0 Å². The molecule has 2 rings (SSSR count). The molecule has 96 valence electrons. The van der Waals surface area contributed by atoms with E-state index in [4.69, 9.17) is 5.11 Å². The highest BCUT2D eigenvalue weighted by molar-refractivity contribution is 5.74. The van der Waals surface area contributed by atoms with Crippen LogP contribution in [0.15, 0.2) is 12.2 Å². The quantitative estimate of drug-likeness (QED) is 0.634. The normalized spacial score (nSPS) is 27.8. The van der Waals surface area contributed by atoms with Crippen LogP contribution in [0.2, 0.25) is 0 Å². The number of amides is 2. The van der Waals surface area contributed by atoms with Gasteiger partial charge in [-0.15, -0.1) is 0 Å². The van der Waals surface area contributed by atoms with E-state index in [0.29, 0.717) is 0 Å². The first-order valence-electron chi connectivity index (χ1n) is 6.61. The molecule has 4 heteroatoms. The van der Waals surface area contributed by atoms with Crippen LogP contribution in [-0.2, 0) is 0 Å². The van der Waals surface area contributed by atoms with Gasteiger partial charge in [0.1, 0.15) is 0 Å². The Morgan fingerprint density at radius 1 is 1.35 bits per heavy atom. The summed E-state index contributed by atoms with van der Waals surface area (Å²) in [6.07, 6.45) is 9.86. The monoisotopic (exact) mass is 238 g/mol. The van der Waals surface area contributed by atoms with Gasteiger partial charge < -0.3 is 15.7 Å². The Hall–Kier alpha value is -1.03. The number of hydrogen-bond donors (Lipinski definition) is 3. The summed E-state index contributed by atoms with van der Waals surface area (Å²) in [5.74, 6) is 1.04. The molecule has 0 heterocycles. The Morgan fingerprint density at radius 3 is 2.76 bits per heavy atom. The lowest BCUT2D eigenvalue weighted by Crippen LogP contribution is -2.41. The zero-order chi connectivity index (χ0) is 12.1. The summed E-state index contributed by atoms with van der Waals surface area (Å²) < 4.78 is 0. The number of nitrogens with one attached hydrogen (secondary N) is 2. The van der Waals surface area contributed by atoms with Crippen LogP contribution in [0.5, 0.6) is 0 Å². The summed E-state index contributed by atoms with van der Waals surface area (Å²) in [6.45, 7) is 0.939. The molecule has 2 atom stereocenters. The van der Waals surface area contributed by atoms with Gasteiger partial charge in [-0.1, -0.05) is 31.4 Å². The molecule has 0 aromatic carbocycles. The first kappa shape index (κ1) is 12.4. The fourth-order valence-electron chi connectivity index (χ4n) is 2.41. The zero-order valence-electron chi connectivity index (χ0n) is 10.2. The van der Waals surface area contributed by atoms with E-state index in [-0.39, 0.29) is 24.6 Å². The maximum Gasteiger partial charge on any atom is 0.315 e. The van der Waals surface area contributed by atoms with Gasteiger partial charge in [-0.3, -0.25) is 0 Å². The van der Waals surface area contributed by atoms with Crippen LogP contribution in [0.4, 0.5) is 4.79 Å². The summed E-state index contributed by atoms with van der Waals surface area (Å²) in [5, 5.41) is 14.8. The number of urea groups is 1. The van der Waals surface area contributed by atoms with E-state index in [9.17, 15) is 4.79 Å². The summed E-state index contributed by atoms with van der Waals surface area (Å²) in [7, 11) is 0. The van der Waals surface area contributed by atoms with Crippen LogP contribution < -0.4 is 10.6 Å². The number of aliphatic hydroxyl groups is 1. The van der Waals surface area contributed by atoms with Gasteiger partial charge in [-0.05, 0) is 18.8 Å². The minimum Gasteiger partial charge on any atom is -0.396 e. The van der Waals surface area contributed by atoms with Gasteiger partial charge in [-0.2, -0.15) is 0 Å². The van der Waals surface area contributed by atoms with Gasteiger partial charge in [-0.25, -0.2) is 4.79 Å². The smallest absolute Gasteiger partial charge is 0.315 e. The van der Waals surface area contributed by atoms with E-state index in [1.807, 2.05) is 12.2 Å². The van der Waals surface area contributed by atoms with Crippen molar-refractivity contribution in [3.05, 3.63) is 12.2 Å². The van der Waals surface area contributed by atoms with Crippen molar-refractivity contribution in [3.63, 3.8) is 0 Å². The SMILES string of the molecule is O=C(NCCC1CCC1)N[C@@H]1C=C[C@H](CO)C1. The Kier molecular flexibility index (Phi) is 4.42. The van der Waals surface area contributed by atoms with Crippen molar-refractivity contribution in [1.82, 2.24) is 10.6 Å². The van der Waals surface area contributed by atoms with Crippen molar-refractivity contribution in [3.8, 4) is 0 Å². The number of rotatable bonds is 5. The highest BCUT2D eigenvalue weighted by Crippen LogP contribution is 2.28. The second-order valence-corrected chi connectivity index (χ2v) is 5.16. The van der Waals surface area contributed by atoms with Crippen molar-refractivity contribution in [2.24, 2.45) is 11.8 Å². The molecule has 0 spiro atoms. The minimum absolute atomic E-state index is 0.0795. The molecule has 0 bridgehead atoms. The van der Waals surface area contributed by atoms with Crippen molar-refractivity contribution < 1.29 is 9.90 Å². The maximum absolute atomic E-state index is 11.6. The van der Waals surface area contributed by atoms with Gasteiger partial charge in [0, 0.05) is 25.1 Å². The topological polar surface area (TPSA) is 61.4 Å². The standard InChI is InChI=1S/C13H22N2O2/c16-9-11-4-5-12(8-11)15-13(17)14-7-6-10-2-1-3-10/h4-5,10-12,16H,1-3,6-9H2,(H2,14,15,17)/t11-,12+/m0/s1. The molecular weight excluding hydrogens is 216 g/mol. The number of carbonyl (C=O) groups is 1. The molecule has 0 aliphatic heterocycles. The van der Waals surface area contributed by atoms with Crippen LogP contribution in [0.25, 0.3) is 0 Å². The predicted octanol–water partition coefficient (Wildman–Crippen LogP) is 1.41. The highest BCUT2D eigenvalue weighted by Gasteiger charge is 2.20. The molecule has 1 saturated carbocycles. The second-order valence-electron chi connectivity index (χ2n) is 5.16. The van der Waals surface area contributed by atoms with Gasteiger partial charge in [0.15, 0.2) is 0 Å².